The van der Waals surface area contributed by atoms with E-state index < -0.39 is 0 Å². The topological polar surface area (TPSA) is 44.4 Å². The molecule has 116 valence electrons. The minimum Gasteiger partial charge on any atom is -0.348 e. The summed E-state index contributed by atoms with van der Waals surface area (Å²) < 4.78 is 0. The van der Waals surface area contributed by atoms with Gasteiger partial charge < -0.3 is 10.6 Å². The fourth-order valence-electron chi connectivity index (χ4n) is 2.66. The van der Waals surface area contributed by atoms with E-state index in [4.69, 9.17) is 11.6 Å². The molecular formula is C16H24ClN3O. The number of carbonyl (C=O) groups is 1. The highest BCUT2D eigenvalue weighted by Gasteiger charge is 2.21. The summed E-state index contributed by atoms with van der Waals surface area (Å²) in [5, 5.41) is 7.18. The van der Waals surface area contributed by atoms with Gasteiger partial charge in [0.2, 0.25) is 5.91 Å². The SMILES string of the molecule is CCC(NC(=O)CN1CCNC[C@@H]1C)c1ccc(Cl)cc1. The first-order valence-corrected chi connectivity index (χ1v) is 7.97. The van der Waals surface area contributed by atoms with Crippen LogP contribution in [0.3, 0.4) is 0 Å². The first-order valence-electron chi connectivity index (χ1n) is 7.59. The number of piperazine rings is 1. The number of amides is 1. The Morgan fingerprint density at radius 3 is 2.81 bits per heavy atom. The van der Waals surface area contributed by atoms with E-state index in [0.717, 1.165) is 36.6 Å². The third-order valence-electron chi connectivity index (χ3n) is 4.00. The monoisotopic (exact) mass is 309 g/mol. The standard InChI is InChI=1S/C16H24ClN3O/c1-3-15(13-4-6-14(17)7-5-13)19-16(21)11-20-9-8-18-10-12(20)2/h4-7,12,15,18H,3,8-11H2,1-2H3,(H,19,21)/t12-,15?/m0/s1. The summed E-state index contributed by atoms with van der Waals surface area (Å²) in [6, 6.07) is 8.14. The zero-order valence-corrected chi connectivity index (χ0v) is 13.5. The van der Waals surface area contributed by atoms with Crippen molar-refractivity contribution in [3.8, 4) is 0 Å². The van der Waals surface area contributed by atoms with Crippen molar-refractivity contribution in [3.05, 3.63) is 34.9 Å². The maximum Gasteiger partial charge on any atom is 0.234 e. The van der Waals surface area contributed by atoms with Gasteiger partial charge in [0.25, 0.3) is 0 Å². The van der Waals surface area contributed by atoms with Crippen molar-refractivity contribution in [1.29, 1.82) is 0 Å². The van der Waals surface area contributed by atoms with Gasteiger partial charge in [-0.25, -0.2) is 0 Å². The largest absolute Gasteiger partial charge is 0.348 e. The Kier molecular flexibility index (Phi) is 6.03. The third-order valence-corrected chi connectivity index (χ3v) is 4.25. The maximum atomic E-state index is 12.3. The minimum atomic E-state index is 0.0491. The second kappa shape index (κ2) is 7.78. The van der Waals surface area contributed by atoms with Crippen molar-refractivity contribution in [2.24, 2.45) is 0 Å². The van der Waals surface area contributed by atoms with Crippen molar-refractivity contribution in [2.75, 3.05) is 26.2 Å². The van der Waals surface area contributed by atoms with Crippen LogP contribution in [0.25, 0.3) is 0 Å². The molecule has 1 saturated heterocycles. The van der Waals surface area contributed by atoms with Crippen LogP contribution in [0.1, 0.15) is 31.9 Å². The van der Waals surface area contributed by atoms with Crippen LogP contribution < -0.4 is 10.6 Å². The predicted octanol–water partition coefficient (Wildman–Crippen LogP) is 2.20. The number of carbonyl (C=O) groups excluding carboxylic acids is 1. The Bertz CT molecular complexity index is 463. The smallest absolute Gasteiger partial charge is 0.234 e. The van der Waals surface area contributed by atoms with Crippen LogP contribution in [0.15, 0.2) is 24.3 Å². The lowest BCUT2D eigenvalue weighted by molar-refractivity contribution is -0.123. The molecule has 0 bridgehead atoms. The molecule has 1 aromatic rings. The molecule has 1 heterocycles. The van der Waals surface area contributed by atoms with Crippen LogP contribution in [0.4, 0.5) is 0 Å². The van der Waals surface area contributed by atoms with E-state index in [-0.39, 0.29) is 11.9 Å². The normalized spacial score (nSPS) is 21.0. The first-order chi connectivity index (χ1) is 10.1. The van der Waals surface area contributed by atoms with E-state index in [1.54, 1.807) is 0 Å². The predicted molar refractivity (Wildman–Crippen MR) is 86.5 cm³/mol. The highest BCUT2D eigenvalue weighted by molar-refractivity contribution is 6.30. The van der Waals surface area contributed by atoms with Crippen molar-refractivity contribution >= 4 is 17.5 Å². The number of benzene rings is 1. The molecule has 2 rings (SSSR count). The fraction of sp³-hybridized carbons (Fsp3) is 0.562. The Hall–Kier alpha value is -1.10. The first kappa shape index (κ1) is 16.3. The summed E-state index contributed by atoms with van der Waals surface area (Å²) in [7, 11) is 0. The Morgan fingerprint density at radius 2 is 2.19 bits per heavy atom. The van der Waals surface area contributed by atoms with Gasteiger partial charge in [0.15, 0.2) is 0 Å². The van der Waals surface area contributed by atoms with E-state index in [0.29, 0.717) is 12.6 Å². The lowest BCUT2D eigenvalue weighted by atomic mass is 10.0. The van der Waals surface area contributed by atoms with Crippen LogP contribution in [0.5, 0.6) is 0 Å². The Labute approximate surface area is 131 Å². The molecule has 0 radical (unpaired) electrons. The Morgan fingerprint density at radius 1 is 1.48 bits per heavy atom. The van der Waals surface area contributed by atoms with Gasteiger partial charge in [-0.15, -0.1) is 0 Å². The molecule has 1 unspecified atom stereocenters. The highest BCUT2D eigenvalue weighted by Crippen LogP contribution is 2.19. The molecule has 21 heavy (non-hydrogen) atoms. The van der Waals surface area contributed by atoms with E-state index in [1.807, 2.05) is 24.3 Å². The number of nitrogens with zero attached hydrogens (tertiary/aromatic N) is 1. The zero-order chi connectivity index (χ0) is 15.2. The molecule has 2 atom stereocenters. The molecule has 1 aromatic carbocycles. The number of rotatable bonds is 5. The Balaban J connectivity index is 1.91. The molecule has 0 saturated carbocycles. The van der Waals surface area contributed by atoms with Gasteiger partial charge in [0.05, 0.1) is 12.6 Å². The molecule has 5 heteroatoms. The number of hydrogen-bond acceptors (Lipinski definition) is 3. The maximum absolute atomic E-state index is 12.3. The van der Waals surface area contributed by atoms with Crippen LogP contribution in [-0.2, 0) is 4.79 Å². The number of hydrogen-bond donors (Lipinski definition) is 2. The molecule has 1 aliphatic rings. The van der Waals surface area contributed by atoms with E-state index in [1.165, 1.54) is 0 Å². The summed E-state index contributed by atoms with van der Waals surface area (Å²) in [5.74, 6) is 0.0885. The minimum absolute atomic E-state index is 0.0491. The summed E-state index contributed by atoms with van der Waals surface area (Å²) in [5.41, 5.74) is 1.10. The number of halogens is 1. The summed E-state index contributed by atoms with van der Waals surface area (Å²) >= 11 is 5.91. The van der Waals surface area contributed by atoms with Crippen LogP contribution >= 0.6 is 11.6 Å². The molecule has 2 N–H and O–H groups in total. The molecule has 4 nitrogen and oxygen atoms in total. The quantitative estimate of drug-likeness (QED) is 0.876. The van der Waals surface area contributed by atoms with E-state index >= 15 is 0 Å². The van der Waals surface area contributed by atoms with Gasteiger partial charge in [0.1, 0.15) is 0 Å². The average Bonchev–Trinajstić information content (AvgIpc) is 2.48. The molecular weight excluding hydrogens is 286 g/mol. The second-order valence-electron chi connectivity index (χ2n) is 5.60. The van der Waals surface area contributed by atoms with Crippen LogP contribution in [0, 0.1) is 0 Å². The lowest BCUT2D eigenvalue weighted by Crippen LogP contribution is -2.52. The zero-order valence-electron chi connectivity index (χ0n) is 12.7. The lowest BCUT2D eigenvalue weighted by Gasteiger charge is -2.33. The summed E-state index contributed by atoms with van der Waals surface area (Å²) in [6.45, 7) is 7.51. The second-order valence-corrected chi connectivity index (χ2v) is 6.04. The molecule has 1 fully saturated rings. The van der Waals surface area contributed by atoms with Gasteiger partial charge >= 0.3 is 0 Å². The van der Waals surface area contributed by atoms with Gasteiger partial charge in [-0.3, -0.25) is 9.69 Å². The van der Waals surface area contributed by atoms with E-state index in [2.05, 4.69) is 29.4 Å². The summed E-state index contributed by atoms with van der Waals surface area (Å²) in [4.78, 5) is 14.5. The highest BCUT2D eigenvalue weighted by atomic mass is 35.5. The molecule has 0 aromatic heterocycles. The van der Waals surface area contributed by atoms with Crippen molar-refractivity contribution in [2.45, 2.75) is 32.4 Å². The molecule has 1 aliphatic heterocycles. The van der Waals surface area contributed by atoms with Crippen LogP contribution in [-0.4, -0.2) is 43.0 Å². The van der Waals surface area contributed by atoms with Crippen molar-refractivity contribution in [3.63, 3.8) is 0 Å². The summed E-state index contributed by atoms with van der Waals surface area (Å²) in [6.07, 6.45) is 0.866. The van der Waals surface area contributed by atoms with Crippen molar-refractivity contribution < 1.29 is 4.79 Å². The van der Waals surface area contributed by atoms with E-state index in [9.17, 15) is 4.79 Å². The molecule has 0 aliphatic carbocycles. The van der Waals surface area contributed by atoms with Gasteiger partial charge in [-0.1, -0.05) is 30.7 Å². The molecule has 0 spiro atoms. The fourth-order valence-corrected chi connectivity index (χ4v) is 2.78. The average molecular weight is 310 g/mol. The van der Waals surface area contributed by atoms with Crippen molar-refractivity contribution in [1.82, 2.24) is 15.5 Å². The van der Waals surface area contributed by atoms with Crippen LogP contribution in [0.2, 0.25) is 5.02 Å². The number of nitrogens with one attached hydrogen (secondary N) is 2. The van der Waals surface area contributed by atoms with Gasteiger partial charge in [-0.05, 0) is 31.0 Å². The van der Waals surface area contributed by atoms with Gasteiger partial charge in [0, 0.05) is 30.7 Å². The molecule has 1 amide bonds. The third kappa shape index (κ3) is 4.70. The van der Waals surface area contributed by atoms with Gasteiger partial charge in [-0.2, -0.15) is 0 Å².